The van der Waals surface area contributed by atoms with E-state index in [0.717, 1.165) is 35.0 Å². The van der Waals surface area contributed by atoms with E-state index in [4.69, 9.17) is 9.94 Å². The fourth-order valence-corrected chi connectivity index (χ4v) is 4.99. The SMILES string of the molecule is Cc1cc(COc2ccc(C(=O)NC3CCCCN3C(C)(C)C(=O)O)cc2CC(=O)NO)c2ccccc2n1. The maximum Gasteiger partial charge on any atom is 0.323 e. The van der Waals surface area contributed by atoms with Crippen molar-refractivity contribution in [1.29, 1.82) is 0 Å². The van der Waals surface area contributed by atoms with Gasteiger partial charge >= 0.3 is 5.97 Å². The number of pyridine rings is 1. The Morgan fingerprint density at radius 2 is 1.87 bits per heavy atom. The molecule has 2 aromatic carbocycles. The number of ether oxygens (including phenoxy) is 1. The molecule has 1 aliphatic heterocycles. The smallest absolute Gasteiger partial charge is 0.323 e. The van der Waals surface area contributed by atoms with Crippen molar-refractivity contribution >= 4 is 28.7 Å². The molecule has 39 heavy (non-hydrogen) atoms. The van der Waals surface area contributed by atoms with Gasteiger partial charge in [-0.15, -0.1) is 0 Å². The van der Waals surface area contributed by atoms with Gasteiger partial charge in [0.1, 0.15) is 17.9 Å². The lowest BCUT2D eigenvalue weighted by Crippen LogP contribution is -2.61. The molecule has 1 aromatic heterocycles. The van der Waals surface area contributed by atoms with Crippen LogP contribution in [0.2, 0.25) is 0 Å². The zero-order valence-corrected chi connectivity index (χ0v) is 22.4. The van der Waals surface area contributed by atoms with Crippen LogP contribution >= 0.6 is 0 Å². The number of aromatic nitrogens is 1. The van der Waals surface area contributed by atoms with Crippen LogP contribution < -0.4 is 15.5 Å². The number of fused-ring (bicyclic) bond motifs is 1. The van der Waals surface area contributed by atoms with Crippen LogP contribution in [0.1, 0.15) is 60.3 Å². The van der Waals surface area contributed by atoms with Crippen LogP contribution in [0.15, 0.2) is 48.5 Å². The minimum absolute atomic E-state index is 0.204. The van der Waals surface area contributed by atoms with E-state index in [0.29, 0.717) is 29.8 Å². The number of carboxylic acid groups (broad SMARTS) is 1. The molecule has 206 valence electrons. The number of rotatable bonds is 9. The lowest BCUT2D eigenvalue weighted by molar-refractivity contribution is -0.152. The van der Waals surface area contributed by atoms with E-state index in [1.807, 2.05) is 37.3 Å². The summed E-state index contributed by atoms with van der Waals surface area (Å²) in [5.74, 6) is -1.59. The average Bonchev–Trinajstić information content (AvgIpc) is 2.92. The molecule has 1 atom stereocenters. The molecule has 0 saturated carbocycles. The lowest BCUT2D eigenvalue weighted by Gasteiger charge is -2.44. The lowest BCUT2D eigenvalue weighted by atomic mass is 9.96. The Bertz CT molecular complexity index is 1390. The van der Waals surface area contributed by atoms with Gasteiger partial charge in [-0.1, -0.05) is 18.2 Å². The van der Waals surface area contributed by atoms with E-state index in [1.54, 1.807) is 42.4 Å². The molecule has 10 nitrogen and oxygen atoms in total. The van der Waals surface area contributed by atoms with E-state index in [9.17, 15) is 19.5 Å². The highest BCUT2D eigenvalue weighted by Gasteiger charge is 2.40. The predicted octanol–water partition coefficient (Wildman–Crippen LogP) is 3.58. The third-order valence-electron chi connectivity index (χ3n) is 7.15. The van der Waals surface area contributed by atoms with Crippen LogP contribution in [0, 0.1) is 6.92 Å². The molecule has 10 heteroatoms. The molecular weight excluding hydrogens is 500 g/mol. The summed E-state index contributed by atoms with van der Waals surface area (Å²) in [6.07, 6.45) is 1.70. The first-order chi connectivity index (χ1) is 18.6. The van der Waals surface area contributed by atoms with Gasteiger partial charge in [0.2, 0.25) is 5.91 Å². The summed E-state index contributed by atoms with van der Waals surface area (Å²) in [5.41, 5.74) is 3.84. The normalized spacial score (nSPS) is 16.1. The summed E-state index contributed by atoms with van der Waals surface area (Å²) in [7, 11) is 0. The zero-order chi connectivity index (χ0) is 28.2. The number of carboxylic acids is 1. The van der Waals surface area contributed by atoms with Crippen LogP contribution in [0.25, 0.3) is 10.9 Å². The Hall–Kier alpha value is -4.02. The molecule has 1 unspecified atom stereocenters. The molecule has 2 heterocycles. The number of hydroxylamine groups is 1. The van der Waals surface area contributed by atoms with Gasteiger partial charge in [-0.25, -0.2) is 5.48 Å². The predicted molar refractivity (Wildman–Crippen MR) is 144 cm³/mol. The third kappa shape index (κ3) is 6.35. The zero-order valence-electron chi connectivity index (χ0n) is 22.4. The van der Waals surface area contributed by atoms with Crippen molar-refractivity contribution in [1.82, 2.24) is 20.7 Å². The van der Waals surface area contributed by atoms with Gasteiger partial charge < -0.3 is 15.2 Å². The number of hydrogen-bond donors (Lipinski definition) is 4. The number of amides is 2. The fourth-order valence-electron chi connectivity index (χ4n) is 4.99. The fraction of sp³-hybridized carbons (Fsp3) is 0.379. The maximum absolute atomic E-state index is 13.3. The molecule has 0 radical (unpaired) electrons. The number of aryl methyl sites for hydroxylation is 1. The molecule has 0 spiro atoms. The molecule has 0 bridgehead atoms. The van der Waals surface area contributed by atoms with Crippen molar-refractivity contribution in [3.8, 4) is 5.75 Å². The molecular formula is C29H34N4O6. The van der Waals surface area contributed by atoms with Gasteiger partial charge in [0, 0.05) is 34.3 Å². The number of aliphatic carboxylic acids is 1. The monoisotopic (exact) mass is 534 g/mol. The van der Waals surface area contributed by atoms with E-state index >= 15 is 0 Å². The molecule has 4 rings (SSSR count). The first kappa shape index (κ1) is 28.0. The maximum atomic E-state index is 13.3. The summed E-state index contributed by atoms with van der Waals surface area (Å²) in [4.78, 5) is 43.5. The van der Waals surface area contributed by atoms with Crippen molar-refractivity contribution in [3.63, 3.8) is 0 Å². The van der Waals surface area contributed by atoms with Gasteiger partial charge in [-0.2, -0.15) is 0 Å². The second-order valence-electron chi connectivity index (χ2n) is 10.3. The Morgan fingerprint density at radius 3 is 2.62 bits per heavy atom. The summed E-state index contributed by atoms with van der Waals surface area (Å²) in [6, 6.07) is 14.5. The second kappa shape index (κ2) is 11.8. The number of hydrogen-bond acceptors (Lipinski definition) is 7. The molecule has 0 aliphatic carbocycles. The van der Waals surface area contributed by atoms with Crippen molar-refractivity contribution in [2.45, 2.75) is 64.8 Å². The molecule has 4 N–H and O–H groups in total. The van der Waals surface area contributed by atoms with Gasteiger partial charge in [0.25, 0.3) is 5.91 Å². The molecule has 1 fully saturated rings. The van der Waals surface area contributed by atoms with E-state index in [-0.39, 0.29) is 18.9 Å². The summed E-state index contributed by atoms with van der Waals surface area (Å²) < 4.78 is 6.11. The quantitative estimate of drug-likeness (QED) is 0.241. The summed E-state index contributed by atoms with van der Waals surface area (Å²) in [6.45, 7) is 5.94. The average molecular weight is 535 g/mol. The highest BCUT2D eigenvalue weighted by molar-refractivity contribution is 5.95. The van der Waals surface area contributed by atoms with E-state index < -0.39 is 23.6 Å². The minimum Gasteiger partial charge on any atom is -0.489 e. The Balaban J connectivity index is 1.57. The summed E-state index contributed by atoms with van der Waals surface area (Å²) >= 11 is 0. The van der Waals surface area contributed by atoms with Crippen LogP contribution in [-0.4, -0.2) is 56.2 Å². The van der Waals surface area contributed by atoms with Crippen molar-refractivity contribution < 1.29 is 29.4 Å². The standard InChI is InChI=1S/C29H34N4O6/c1-18-14-21(22-8-4-5-9-23(22)30-18)17-39-24-12-11-19(15-20(24)16-26(34)32-38)27(35)31-25-10-6-7-13-33(25)29(2,3)28(36)37/h4-5,8-9,11-12,14-15,25,38H,6-7,10,13,16-17H2,1-3H3,(H,31,35)(H,32,34)(H,36,37). The Morgan fingerprint density at radius 1 is 1.10 bits per heavy atom. The summed E-state index contributed by atoms with van der Waals surface area (Å²) in [5, 5.41) is 22.7. The largest absolute Gasteiger partial charge is 0.489 e. The van der Waals surface area contributed by atoms with Crippen LogP contribution in [0.3, 0.4) is 0 Å². The van der Waals surface area contributed by atoms with Crippen molar-refractivity contribution in [2.75, 3.05) is 6.54 Å². The molecule has 2 amide bonds. The Labute approximate surface area is 226 Å². The molecule has 1 aliphatic rings. The number of piperidine rings is 1. The van der Waals surface area contributed by atoms with Gasteiger partial charge in [-0.05, 0) is 70.4 Å². The van der Waals surface area contributed by atoms with Gasteiger partial charge in [0.15, 0.2) is 0 Å². The van der Waals surface area contributed by atoms with Crippen LogP contribution in [0.4, 0.5) is 0 Å². The number of carbonyl (C=O) groups excluding carboxylic acids is 2. The highest BCUT2D eigenvalue weighted by Crippen LogP contribution is 2.27. The number of nitrogens with one attached hydrogen (secondary N) is 2. The van der Waals surface area contributed by atoms with E-state index in [2.05, 4.69) is 10.3 Å². The van der Waals surface area contributed by atoms with Gasteiger partial charge in [0.05, 0.1) is 18.1 Å². The number of likely N-dealkylation sites (tertiary alicyclic amines) is 1. The number of carbonyl (C=O) groups is 3. The van der Waals surface area contributed by atoms with Crippen molar-refractivity contribution in [3.05, 3.63) is 70.9 Å². The third-order valence-corrected chi connectivity index (χ3v) is 7.15. The topological polar surface area (TPSA) is 141 Å². The molecule has 3 aromatic rings. The second-order valence-corrected chi connectivity index (χ2v) is 10.3. The van der Waals surface area contributed by atoms with E-state index in [1.165, 1.54) is 0 Å². The minimum atomic E-state index is -1.14. The first-order valence-corrected chi connectivity index (χ1v) is 12.9. The first-order valence-electron chi connectivity index (χ1n) is 12.9. The number of para-hydroxylation sites is 1. The van der Waals surface area contributed by atoms with Crippen LogP contribution in [0.5, 0.6) is 5.75 Å². The van der Waals surface area contributed by atoms with Crippen molar-refractivity contribution in [2.24, 2.45) is 0 Å². The number of benzene rings is 2. The van der Waals surface area contributed by atoms with Crippen LogP contribution in [-0.2, 0) is 22.6 Å². The van der Waals surface area contributed by atoms with Gasteiger partial charge in [-0.3, -0.25) is 29.5 Å². The highest BCUT2D eigenvalue weighted by atomic mass is 16.5. The Kier molecular flexibility index (Phi) is 8.47. The number of nitrogens with zero attached hydrogens (tertiary/aromatic N) is 2. The molecule has 1 saturated heterocycles.